The highest BCUT2D eigenvalue weighted by molar-refractivity contribution is 6.32. The zero-order valence-corrected chi connectivity index (χ0v) is 13.6. The van der Waals surface area contributed by atoms with Gasteiger partial charge in [0.05, 0.1) is 10.6 Å². The van der Waals surface area contributed by atoms with E-state index in [2.05, 4.69) is 5.32 Å². The number of nitrogens with one attached hydrogen (secondary N) is 1. The van der Waals surface area contributed by atoms with Crippen LogP contribution in [0.3, 0.4) is 0 Å². The van der Waals surface area contributed by atoms with Crippen molar-refractivity contribution in [3.05, 3.63) is 28.8 Å². The van der Waals surface area contributed by atoms with Crippen molar-refractivity contribution in [2.75, 3.05) is 11.9 Å². The van der Waals surface area contributed by atoms with E-state index < -0.39 is 5.91 Å². The molecule has 0 unspecified atom stereocenters. The first-order chi connectivity index (χ1) is 11.1. The number of hydrogen-bond donors (Lipinski definition) is 1. The Kier molecular flexibility index (Phi) is 6.42. The first-order valence-electron chi connectivity index (χ1n) is 7.73. The number of halogens is 1. The topological polar surface area (TPSA) is 79.2 Å². The quantitative estimate of drug-likeness (QED) is 0.805. The van der Waals surface area contributed by atoms with Crippen molar-refractivity contribution in [2.45, 2.75) is 38.5 Å². The summed E-state index contributed by atoms with van der Waals surface area (Å²) in [6, 6.07) is 6.52. The Morgan fingerprint density at radius 2 is 2.09 bits per heavy atom. The van der Waals surface area contributed by atoms with Crippen LogP contribution in [0.4, 0.5) is 5.69 Å². The fourth-order valence-corrected chi connectivity index (χ4v) is 2.94. The fraction of sp³-hybridized carbons (Fsp3) is 0.471. The Morgan fingerprint density at radius 1 is 1.35 bits per heavy atom. The molecule has 0 aliphatic heterocycles. The molecule has 0 aromatic heterocycles. The summed E-state index contributed by atoms with van der Waals surface area (Å²) in [5.74, 6) is -0.151. The number of anilines is 1. The van der Waals surface area contributed by atoms with Crippen molar-refractivity contribution < 1.29 is 14.3 Å². The van der Waals surface area contributed by atoms with Gasteiger partial charge in [-0.3, -0.25) is 9.59 Å². The van der Waals surface area contributed by atoms with Crippen molar-refractivity contribution >= 4 is 29.2 Å². The molecule has 1 fully saturated rings. The Labute approximate surface area is 140 Å². The predicted molar refractivity (Wildman–Crippen MR) is 86.9 cm³/mol. The number of rotatable bonds is 6. The van der Waals surface area contributed by atoms with E-state index in [9.17, 15) is 9.59 Å². The lowest BCUT2D eigenvalue weighted by Gasteiger charge is -2.09. The van der Waals surface area contributed by atoms with Crippen molar-refractivity contribution in [3.8, 4) is 6.07 Å². The largest absolute Gasteiger partial charge is 0.456 e. The number of benzene rings is 1. The molecule has 23 heavy (non-hydrogen) atoms. The number of carbonyl (C=O) groups excluding carboxylic acids is 2. The number of nitriles is 1. The van der Waals surface area contributed by atoms with Crippen LogP contribution >= 0.6 is 11.6 Å². The smallest absolute Gasteiger partial charge is 0.306 e. The minimum absolute atomic E-state index is 0.263. The van der Waals surface area contributed by atoms with Crippen LogP contribution in [0.25, 0.3) is 0 Å². The molecule has 1 N–H and O–H groups in total. The van der Waals surface area contributed by atoms with Crippen LogP contribution in [0, 0.1) is 17.2 Å². The van der Waals surface area contributed by atoms with Crippen LogP contribution in [-0.2, 0) is 14.3 Å². The second-order valence-corrected chi connectivity index (χ2v) is 6.11. The highest BCUT2D eigenvalue weighted by Gasteiger charge is 2.17. The van der Waals surface area contributed by atoms with E-state index in [-0.39, 0.29) is 17.6 Å². The SMILES string of the molecule is N#Cc1ccc(NC(=O)COC(=O)CCC2CCCC2)cc1Cl. The molecule has 122 valence electrons. The molecule has 6 heteroatoms. The Hall–Kier alpha value is -2.06. The average molecular weight is 335 g/mol. The summed E-state index contributed by atoms with van der Waals surface area (Å²) in [6.45, 7) is -0.318. The average Bonchev–Trinajstić information content (AvgIpc) is 3.04. The van der Waals surface area contributed by atoms with Crippen molar-refractivity contribution in [1.29, 1.82) is 5.26 Å². The van der Waals surface area contributed by atoms with E-state index >= 15 is 0 Å². The third-order valence-electron chi connectivity index (χ3n) is 3.97. The third-order valence-corrected chi connectivity index (χ3v) is 4.28. The van der Waals surface area contributed by atoms with Crippen LogP contribution in [0.1, 0.15) is 44.1 Å². The van der Waals surface area contributed by atoms with Gasteiger partial charge in [-0.05, 0) is 30.5 Å². The molecule has 0 heterocycles. The Balaban J connectivity index is 1.71. The minimum Gasteiger partial charge on any atom is -0.456 e. The molecule has 1 aliphatic rings. The zero-order valence-electron chi connectivity index (χ0n) is 12.8. The molecule has 1 amide bonds. The highest BCUT2D eigenvalue weighted by Crippen LogP contribution is 2.28. The van der Waals surface area contributed by atoms with Gasteiger partial charge in [-0.15, -0.1) is 0 Å². The van der Waals surface area contributed by atoms with Crippen LogP contribution in [0.5, 0.6) is 0 Å². The maximum atomic E-state index is 11.7. The molecule has 0 spiro atoms. The first kappa shape index (κ1) is 17.3. The maximum Gasteiger partial charge on any atom is 0.306 e. The number of carbonyl (C=O) groups is 2. The van der Waals surface area contributed by atoms with Crippen LogP contribution in [0.2, 0.25) is 5.02 Å². The van der Waals surface area contributed by atoms with Crippen molar-refractivity contribution in [1.82, 2.24) is 0 Å². The number of esters is 1. The molecule has 1 aliphatic carbocycles. The van der Waals surface area contributed by atoms with Gasteiger partial charge in [-0.1, -0.05) is 37.3 Å². The molecule has 0 bridgehead atoms. The van der Waals surface area contributed by atoms with Gasteiger partial charge in [-0.2, -0.15) is 5.26 Å². The highest BCUT2D eigenvalue weighted by atomic mass is 35.5. The molecule has 5 nitrogen and oxygen atoms in total. The molecule has 1 aromatic carbocycles. The summed E-state index contributed by atoms with van der Waals surface area (Å²) in [7, 11) is 0. The van der Waals surface area contributed by atoms with E-state index in [0.717, 1.165) is 6.42 Å². The van der Waals surface area contributed by atoms with Crippen molar-refractivity contribution in [3.63, 3.8) is 0 Å². The molecule has 0 atom stereocenters. The summed E-state index contributed by atoms with van der Waals surface area (Å²) in [5.41, 5.74) is 0.795. The monoisotopic (exact) mass is 334 g/mol. The summed E-state index contributed by atoms with van der Waals surface area (Å²) in [6.07, 6.45) is 6.07. The predicted octanol–water partition coefficient (Wildman–Crippen LogP) is 3.66. The first-order valence-corrected chi connectivity index (χ1v) is 8.11. The molecule has 0 radical (unpaired) electrons. The standard InChI is InChI=1S/C17H19ClN2O3/c18-15-9-14(7-6-13(15)10-19)20-16(21)11-23-17(22)8-5-12-3-1-2-4-12/h6-7,9,12H,1-5,8,11H2,(H,20,21). The molecular formula is C17H19ClN2O3. The zero-order chi connectivity index (χ0) is 16.7. The normalized spacial score (nSPS) is 14.3. The molecule has 1 saturated carbocycles. The van der Waals surface area contributed by atoms with Gasteiger partial charge < -0.3 is 10.1 Å². The van der Waals surface area contributed by atoms with Gasteiger partial charge in [0, 0.05) is 12.1 Å². The Morgan fingerprint density at radius 3 is 2.74 bits per heavy atom. The van der Waals surface area contributed by atoms with Gasteiger partial charge in [0.2, 0.25) is 0 Å². The molecule has 1 aromatic rings. The van der Waals surface area contributed by atoms with E-state index in [1.807, 2.05) is 6.07 Å². The number of nitrogens with zero attached hydrogens (tertiary/aromatic N) is 1. The lowest BCUT2D eigenvalue weighted by atomic mass is 10.0. The third kappa shape index (κ3) is 5.57. The summed E-state index contributed by atoms with van der Waals surface area (Å²) < 4.78 is 4.97. The van der Waals surface area contributed by atoms with Gasteiger partial charge in [-0.25, -0.2) is 0 Å². The Bertz CT molecular complexity index is 619. The minimum atomic E-state index is -0.431. The second-order valence-electron chi connectivity index (χ2n) is 5.70. The number of hydrogen-bond acceptors (Lipinski definition) is 4. The molecule has 2 rings (SSSR count). The van der Waals surface area contributed by atoms with Gasteiger partial charge in [0.25, 0.3) is 5.91 Å². The molecule has 0 saturated heterocycles. The van der Waals surface area contributed by atoms with E-state index in [1.54, 1.807) is 6.07 Å². The fourth-order valence-electron chi connectivity index (χ4n) is 2.72. The molecular weight excluding hydrogens is 316 g/mol. The number of amides is 1. The lowest BCUT2D eigenvalue weighted by molar-refractivity contribution is -0.147. The van der Waals surface area contributed by atoms with Gasteiger partial charge in [0.1, 0.15) is 6.07 Å². The van der Waals surface area contributed by atoms with E-state index in [4.69, 9.17) is 21.6 Å². The van der Waals surface area contributed by atoms with Crippen LogP contribution < -0.4 is 5.32 Å². The van der Waals surface area contributed by atoms with E-state index in [1.165, 1.54) is 37.8 Å². The van der Waals surface area contributed by atoms with Gasteiger partial charge in [0.15, 0.2) is 6.61 Å². The van der Waals surface area contributed by atoms with E-state index in [0.29, 0.717) is 23.6 Å². The van der Waals surface area contributed by atoms with Crippen LogP contribution in [-0.4, -0.2) is 18.5 Å². The van der Waals surface area contributed by atoms with Crippen LogP contribution in [0.15, 0.2) is 18.2 Å². The second kappa shape index (κ2) is 8.54. The van der Waals surface area contributed by atoms with Gasteiger partial charge >= 0.3 is 5.97 Å². The summed E-state index contributed by atoms with van der Waals surface area (Å²) in [4.78, 5) is 23.4. The summed E-state index contributed by atoms with van der Waals surface area (Å²) >= 11 is 5.88. The maximum absolute atomic E-state index is 11.7. The van der Waals surface area contributed by atoms with Crippen molar-refractivity contribution in [2.24, 2.45) is 5.92 Å². The lowest BCUT2D eigenvalue weighted by Crippen LogP contribution is -2.21. The number of ether oxygens (including phenoxy) is 1. The summed E-state index contributed by atoms with van der Waals surface area (Å²) in [5, 5.41) is 11.6.